The minimum absolute atomic E-state index is 0.145. The van der Waals surface area contributed by atoms with Gasteiger partial charge in [0.2, 0.25) is 0 Å². The van der Waals surface area contributed by atoms with Crippen molar-refractivity contribution in [3.63, 3.8) is 0 Å². The van der Waals surface area contributed by atoms with E-state index < -0.39 is 22.0 Å². The molecule has 8 nitrogen and oxygen atoms in total. The minimum atomic E-state index is -3.89. The van der Waals surface area contributed by atoms with E-state index in [1.54, 1.807) is 42.5 Å². The summed E-state index contributed by atoms with van der Waals surface area (Å²) >= 11 is 0. The van der Waals surface area contributed by atoms with E-state index in [-0.39, 0.29) is 17.5 Å². The number of sulfonamides is 1. The lowest BCUT2D eigenvalue weighted by Crippen LogP contribution is -2.51. The highest BCUT2D eigenvalue weighted by atomic mass is 32.2. The van der Waals surface area contributed by atoms with Crippen molar-refractivity contribution in [3.8, 4) is 17.2 Å². The molecule has 5 rings (SSSR count). The molecule has 1 N–H and O–H groups in total. The van der Waals surface area contributed by atoms with Crippen molar-refractivity contribution >= 4 is 21.6 Å². The van der Waals surface area contributed by atoms with E-state index >= 15 is 0 Å². The Balaban J connectivity index is 1.38. The second kappa shape index (κ2) is 8.90. The van der Waals surface area contributed by atoms with Crippen LogP contribution in [-0.2, 0) is 14.8 Å². The molecule has 3 aromatic carbocycles. The highest BCUT2D eigenvalue weighted by molar-refractivity contribution is 7.92. The molecule has 176 valence electrons. The summed E-state index contributed by atoms with van der Waals surface area (Å²) in [6.45, 7) is 2.67. The average molecular weight is 481 g/mol. The molecule has 1 amide bonds. The second-order valence-electron chi connectivity index (χ2n) is 8.06. The normalized spacial score (nSPS) is 17.8. The van der Waals surface area contributed by atoms with E-state index in [2.05, 4.69) is 5.32 Å². The molecule has 0 spiro atoms. The van der Waals surface area contributed by atoms with Crippen molar-refractivity contribution in [1.29, 1.82) is 0 Å². The van der Waals surface area contributed by atoms with Gasteiger partial charge in [0, 0.05) is 0 Å². The number of carbonyl (C=O) groups is 1. The molecular weight excluding hydrogens is 456 g/mol. The summed E-state index contributed by atoms with van der Waals surface area (Å²) < 4.78 is 45.2. The zero-order valence-electron chi connectivity index (χ0n) is 18.5. The third kappa shape index (κ3) is 4.14. The lowest BCUT2D eigenvalue weighted by molar-refractivity contribution is -0.128. The molecule has 0 aliphatic carbocycles. The molecule has 0 saturated carbocycles. The molecule has 0 saturated heterocycles. The number of hydrogen-bond acceptors (Lipinski definition) is 6. The van der Waals surface area contributed by atoms with Gasteiger partial charge in [0.15, 0.2) is 17.6 Å². The van der Waals surface area contributed by atoms with Crippen LogP contribution in [0, 0.1) is 0 Å². The smallest absolute Gasteiger partial charge is 0.264 e. The number of rotatable bonds is 5. The predicted octanol–water partition coefficient (Wildman–Crippen LogP) is 3.29. The molecule has 34 heavy (non-hydrogen) atoms. The molecule has 3 aromatic rings. The summed E-state index contributed by atoms with van der Waals surface area (Å²) in [7, 11) is -3.89. The minimum Gasteiger partial charge on any atom is -0.486 e. The SMILES string of the molecule is CC(NC(=O)C1CN(S(=O)(=O)c2ccccc2)c2ccccc2O1)c1ccc2c(c1)OCCO2. The number of nitrogens with zero attached hydrogens (tertiary/aromatic N) is 1. The average Bonchev–Trinajstić information content (AvgIpc) is 2.88. The van der Waals surface area contributed by atoms with Crippen LogP contribution in [0.5, 0.6) is 17.2 Å². The summed E-state index contributed by atoms with van der Waals surface area (Å²) in [5.74, 6) is 1.22. The zero-order chi connectivity index (χ0) is 23.7. The van der Waals surface area contributed by atoms with Crippen molar-refractivity contribution < 1.29 is 27.4 Å². The highest BCUT2D eigenvalue weighted by Gasteiger charge is 2.37. The Bertz CT molecular complexity index is 1310. The van der Waals surface area contributed by atoms with Gasteiger partial charge in [-0.05, 0) is 48.9 Å². The van der Waals surface area contributed by atoms with Gasteiger partial charge in [-0.2, -0.15) is 0 Å². The van der Waals surface area contributed by atoms with Gasteiger partial charge in [0.25, 0.3) is 15.9 Å². The number of amides is 1. The fraction of sp³-hybridized carbons (Fsp3) is 0.240. The maximum atomic E-state index is 13.4. The van der Waals surface area contributed by atoms with Crippen molar-refractivity contribution in [2.24, 2.45) is 0 Å². The Labute approximate surface area is 198 Å². The second-order valence-corrected chi connectivity index (χ2v) is 9.92. The van der Waals surface area contributed by atoms with Crippen LogP contribution in [0.1, 0.15) is 18.5 Å². The van der Waals surface area contributed by atoms with Gasteiger partial charge in [-0.1, -0.05) is 36.4 Å². The molecule has 2 aliphatic heterocycles. The van der Waals surface area contributed by atoms with E-state index in [1.165, 1.54) is 16.4 Å². The zero-order valence-corrected chi connectivity index (χ0v) is 19.3. The van der Waals surface area contributed by atoms with Gasteiger partial charge in [-0.3, -0.25) is 9.10 Å². The quantitative estimate of drug-likeness (QED) is 0.602. The number of para-hydroxylation sites is 2. The van der Waals surface area contributed by atoms with Crippen molar-refractivity contribution in [1.82, 2.24) is 5.32 Å². The standard InChI is InChI=1S/C25H24N2O6S/c1-17(18-11-12-22-23(15-18)32-14-13-31-22)26-25(28)24-16-27(20-9-5-6-10-21(20)33-24)34(29,30)19-7-3-2-4-8-19/h2-12,15,17,24H,13-14,16H2,1H3,(H,26,28). The molecule has 2 aliphatic rings. The van der Waals surface area contributed by atoms with Gasteiger partial charge in [-0.25, -0.2) is 8.42 Å². The first-order valence-corrected chi connectivity index (χ1v) is 12.4. The third-order valence-electron chi connectivity index (χ3n) is 5.78. The van der Waals surface area contributed by atoms with Crippen LogP contribution in [-0.4, -0.2) is 40.2 Å². The number of carbonyl (C=O) groups excluding carboxylic acids is 1. The molecule has 2 unspecified atom stereocenters. The number of anilines is 1. The van der Waals surface area contributed by atoms with Crippen LogP contribution in [0.25, 0.3) is 0 Å². The fourth-order valence-electron chi connectivity index (χ4n) is 4.01. The largest absolute Gasteiger partial charge is 0.486 e. The predicted molar refractivity (Wildman–Crippen MR) is 126 cm³/mol. The summed E-state index contributed by atoms with van der Waals surface area (Å²) in [5, 5.41) is 2.93. The van der Waals surface area contributed by atoms with Gasteiger partial charge in [0.1, 0.15) is 19.0 Å². The fourth-order valence-corrected chi connectivity index (χ4v) is 5.50. The maximum absolute atomic E-state index is 13.4. The number of ether oxygens (including phenoxy) is 3. The summed E-state index contributed by atoms with van der Waals surface area (Å²) in [4.78, 5) is 13.3. The van der Waals surface area contributed by atoms with Crippen LogP contribution in [0.15, 0.2) is 77.7 Å². The Kier molecular flexibility index (Phi) is 5.79. The Hall–Kier alpha value is -3.72. The first kappa shape index (κ1) is 22.1. The Morgan fingerprint density at radius 2 is 1.65 bits per heavy atom. The van der Waals surface area contributed by atoms with Gasteiger partial charge in [-0.15, -0.1) is 0 Å². The molecular formula is C25H24N2O6S. The molecule has 0 fully saturated rings. The van der Waals surface area contributed by atoms with Crippen molar-refractivity contribution in [2.45, 2.75) is 24.0 Å². The molecule has 2 atom stereocenters. The molecule has 0 radical (unpaired) electrons. The number of hydrogen-bond donors (Lipinski definition) is 1. The van der Waals surface area contributed by atoms with E-state index in [0.29, 0.717) is 36.1 Å². The summed E-state index contributed by atoms with van der Waals surface area (Å²) in [6, 6.07) is 20.1. The Morgan fingerprint density at radius 3 is 2.44 bits per heavy atom. The van der Waals surface area contributed by atoms with E-state index in [9.17, 15) is 13.2 Å². The number of fused-ring (bicyclic) bond motifs is 2. The summed E-state index contributed by atoms with van der Waals surface area (Å²) in [5.41, 5.74) is 1.23. The van der Waals surface area contributed by atoms with Crippen LogP contribution in [0.2, 0.25) is 0 Å². The van der Waals surface area contributed by atoms with Crippen molar-refractivity contribution in [3.05, 3.63) is 78.4 Å². The van der Waals surface area contributed by atoms with Crippen LogP contribution in [0.3, 0.4) is 0 Å². The van der Waals surface area contributed by atoms with Crippen LogP contribution in [0.4, 0.5) is 5.69 Å². The maximum Gasteiger partial charge on any atom is 0.264 e. The van der Waals surface area contributed by atoms with E-state index in [1.807, 2.05) is 25.1 Å². The monoisotopic (exact) mass is 480 g/mol. The van der Waals surface area contributed by atoms with Gasteiger partial charge < -0.3 is 19.5 Å². The first-order chi connectivity index (χ1) is 16.4. The summed E-state index contributed by atoms with van der Waals surface area (Å²) in [6.07, 6.45) is -1.02. The molecule has 0 aromatic heterocycles. The topological polar surface area (TPSA) is 94.2 Å². The first-order valence-electron chi connectivity index (χ1n) is 11.0. The highest BCUT2D eigenvalue weighted by Crippen LogP contribution is 2.37. The Morgan fingerprint density at radius 1 is 0.941 bits per heavy atom. The van der Waals surface area contributed by atoms with Crippen molar-refractivity contribution in [2.75, 3.05) is 24.1 Å². The van der Waals surface area contributed by atoms with Gasteiger partial charge >= 0.3 is 0 Å². The number of benzene rings is 3. The van der Waals surface area contributed by atoms with Gasteiger partial charge in [0.05, 0.1) is 23.2 Å². The molecule has 0 bridgehead atoms. The van der Waals surface area contributed by atoms with E-state index in [4.69, 9.17) is 14.2 Å². The lowest BCUT2D eigenvalue weighted by atomic mass is 10.1. The third-order valence-corrected chi connectivity index (χ3v) is 7.58. The van der Waals surface area contributed by atoms with E-state index in [0.717, 1.165) is 5.56 Å². The molecule has 9 heteroatoms. The van der Waals surface area contributed by atoms with Crippen LogP contribution >= 0.6 is 0 Å². The lowest BCUT2D eigenvalue weighted by Gasteiger charge is -2.35. The molecule has 2 heterocycles. The number of nitrogens with one attached hydrogen (secondary N) is 1. The van der Waals surface area contributed by atoms with Crippen LogP contribution < -0.4 is 23.8 Å².